The second-order valence-electron chi connectivity index (χ2n) is 5.28. The molecular weight excluding hydrogens is 322 g/mol. The number of benzene rings is 1. The fraction of sp³-hybridized carbons (Fsp3) is 0.500. The molecule has 0 radical (unpaired) electrons. The van der Waals surface area contributed by atoms with Gasteiger partial charge < -0.3 is 19.9 Å². The van der Waals surface area contributed by atoms with Crippen LogP contribution in [-0.2, 0) is 4.79 Å². The van der Waals surface area contributed by atoms with Crippen LogP contribution in [-0.4, -0.2) is 36.2 Å². The third-order valence-corrected chi connectivity index (χ3v) is 3.79. The van der Waals surface area contributed by atoms with E-state index in [0.717, 1.165) is 6.42 Å². The third kappa shape index (κ3) is 4.51. The van der Waals surface area contributed by atoms with Crippen LogP contribution in [0.15, 0.2) is 12.1 Å². The lowest BCUT2D eigenvalue weighted by Crippen LogP contribution is -2.51. The standard InChI is InChI=1S/C16H22ClNO5/c1-5-7-23-13-11(17)8-10(9-12(13)22-4)14(19)18-16(3,6-2)15(20)21/h8-9H,5-7H2,1-4H3,(H,18,19)(H,20,21). The zero-order valence-corrected chi connectivity index (χ0v) is 14.5. The van der Waals surface area contributed by atoms with Gasteiger partial charge in [-0.3, -0.25) is 4.79 Å². The van der Waals surface area contributed by atoms with Crippen molar-refractivity contribution in [1.29, 1.82) is 0 Å². The zero-order valence-electron chi connectivity index (χ0n) is 13.7. The Bertz CT molecular complexity index is 590. The number of hydrogen-bond donors (Lipinski definition) is 2. The summed E-state index contributed by atoms with van der Waals surface area (Å²) in [7, 11) is 1.44. The molecule has 1 aromatic rings. The Labute approximate surface area is 140 Å². The first kappa shape index (κ1) is 19.1. The Balaban J connectivity index is 3.11. The highest BCUT2D eigenvalue weighted by Crippen LogP contribution is 2.36. The second kappa shape index (κ2) is 8.06. The van der Waals surface area contributed by atoms with Gasteiger partial charge in [0.25, 0.3) is 5.91 Å². The molecule has 0 saturated carbocycles. The van der Waals surface area contributed by atoms with Gasteiger partial charge in [0.2, 0.25) is 0 Å². The van der Waals surface area contributed by atoms with E-state index >= 15 is 0 Å². The predicted octanol–water partition coefficient (Wildman–Crippen LogP) is 3.12. The van der Waals surface area contributed by atoms with Crippen molar-refractivity contribution in [2.45, 2.75) is 39.2 Å². The quantitative estimate of drug-likeness (QED) is 0.757. The first-order chi connectivity index (χ1) is 10.8. The molecule has 0 fully saturated rings. The first-order valence-corrected chi connectivity index (χ1v) is 7.73. The van der Waals surface area contributed by atoms with Crippen molar-refractivity contribution in [2.75, 3.05) is 13.7 Å². The van der Waals surface area contributed by atoms with Crippen LogP contribution >= 0.6 is 11.6 Å². The second-order valence-corrected chi connectivity index (χ2v) is 5.69. The fourth-order valence-corrected chi connectivity index (χ4v) is 2.08. The number of amides is 1. The Morgan fingerprint density at radius 1 is 1.35 bits per heavy atom. The van der Waals surface area contributed by atoms with E-state index in [1.165, 1.54) is 26.2 Å². The summed E-state index contributed by atoms with van der Waals surface area (Å²) in [6.07, 6.45) is 1.05. The molecule has 1 aromatic carbocycles. The summed E-state index contributed by atoms with van der Waals surface area (Å²) in [6.45, 7) is 5.56. The Morgan fingerprint density at radius 3 is 2.48 bits per heavy atom. The summed E-state index contributed by atoms with van der Waals surface area (Å²) in [6, 6.07) is 2.91. The summed E-state index contributed by atoms with van der Waals surface area (Å²) in [4.78, 5) is 23.6. The van der Waals surface area contributed by atoms with Crippen LogP contribution in [0.2, 0.25) is 5.02 Å². The maximum atomic E-state index is 12.3. The molecule has 7 heteroatoms. The van der Waals surface area contributed by atoms with Gasteiger partial charge in [0, 0.05) is 5.56 Å². The average Bonchev–Trinajstić information content (AvgIpc) is 2.52. The van der Waals surface area contributed by atoms with Crippen molar-refractivity contribution >= 4 is 23.5 Å². The summed E-state index contributed by atoms with van der Waals surface area (Å²) < 4.78 is 10.7. The van der Waals surface area contributed by atoms with Gasteiger partial charge >= 0.3 is 5.97 Å². The number of rotatable bonds is 8. The fourth-order valence-electron chi connectivity index (χ4n) is 1.81. The van der Waals surface area contributed by atoms with E-state index in [1.54, 1.807) is 6.92 Å². The van der Waals surface area contributed by atoms with Gasteiger partial charge in [0.15, 0.2) is 11.5 Å². The molecular formula is C16H22ClNO5. The van der Waals surface area contributed by atoms with E-state index in [2.05, 4.69) is 5.32 Å². The smallest absolute Gasteiger partial charge is 0.329 e. The molecule has 1 rings (SSSR count). The number of halogens is 1. The van der Waals surface area contributed by atoms with Gasteiger partial charge in [-0.2, -0.15) is 0 Å². The van der Waals surface area contributed by atoms with E-state index in [0.29, 0.717) is 18.1 Å². The van der Waals surface area contributed by atoms with Crippen LogP contribution in [0.25, 0.3) is 0 Å². The molecule has 0 aliphatic rings. The normalized spacial score (nSPS) is 13.1. The molecule has 0 heterocycles. The number of carboxylic acid groups (broad SMARTS) is 1. The monoisotopic (exact) mass is 343 g/mol. The Hall–Kier alpha value is -1.95. The average molecular weight is 344 g/mol. The van der Waals surface area contributed by atoms with Gasteiger partial charge in [0.1, 0.15) is 5.54 Å². The maximum Gasteiger partial charge on any atom is 0.329 e. The Morgan fingerprint density at radius 2 is 2.00 bits per heavy atom. The molecule has 0 saturated heterocycles. The lowest BCUT2D eigenvalue weighted by Gasteiger charge is -2.25. The number of carboxylic acids is 1. The molecule has 1 unspecified atom stereocenters. The van der Waals surface area contributed by atoms with E-state index < -0.39 is 17.4 Å². The van der Waals surface area contributed by atoms with Crippen LogP contribution in [0.1, 0.15) is 44.0 Å². The molecule has 0 bridgehead atoms. The van der Waals surface area contributed by atoms with Crippen molar-refractivity contribution in [1.82, 2.24) is 5.32 Å². The molecule has 2 N–H and O–H groups in total. The zero-order chi connectivity index (χ0) is 17.6. The van der Waals surface area contributed by atoms with Gasteiger partial charge in [-0.1, -0.05) is 25.4 Å². The molecule has 23 heavy (non-hydrogen) atoms. The van der Waals surface area contributed by atoms with Crippen molar-refractivity contribution in [3.63, 3.8) is 0 Å². The third-order valence-electron chi connectivity index (χ3n) is 3.51. The van der Waals surface area contributed by atoms with E-state index in [1.807, 2.05) is 6.92 Å². The highest BCUT2D eigenvalue weighted by molar-refractivity contribution is 6.32. The molecule has 0 aromatic heterocycles. The molecule has 0 spiro atoms. The largest absolute Gasteiger partial charge is 0.493 e. The summed E-state index contributed by atoms with van der Waals surface area (Å²) in [5.41, 5.74) is -1.15. The molecule has 6 nitrogen and oxygen atoms in total. The van der Waals surface area contributed by atoms with Crippen LogP contribution in [0.5, 0.6) is 11.5 Å². The number of hydrogen-bond acceptors (Lipinski definition) is 4. The summed E-state index contributed by atoms with van der Waals surface area (Å²) in [5, 5.41) is 12.0. The molecule has 1 amide bonds. The van der Waals surface area contributed by atoms with Crippen molar-refractivity contribution in [3.05, 3.63) is 22.7 Å². The van der Waals surface area contributed by atoms with Crippen molar-refractivity contribution < 1.29 is 24.2 Å². The van der Waals surface area contributed by atoms with Crippen LogP contribution in [0, 0.1) is 0 Å². The number of nitrogens with one attached hydrogen (secondary N) is 1. The van der Waals surface area contributed by atoms with E-state index in [9.17, 15) is 14.7 Å². The minimum Gasteiger partial charge on any atom is -0.493 e. The number of ether oxygens (including phenoxy) is 2. The van der Waals surface area contributed by atoms with Gasteiger partial charge in [0.05, 0.1) is 18.7 Å². The van der Waals surface area contributed by atoms with Crippen LogP contribution < -0.4 is 14.8 Å². The lowest BCUT2D eigenvalue weighted by molar-refractivity contribution is -0.143. The number of carbonyl (C=O) groups is 2. The highest BCUT2D eigenvalue weighted by Gasteiger charge is 2.33. The maximum absolute atomic E-state index is 12.3. The van der Waals surface area contributed by atoms with Gasteiger partial charge in [-0.05, 0) is 31.9 Å². The van der Waals surface area contributed by atoms with Crippen molar-refractivity contribution in [2.24, 2.45) is 0 Å². The van der Waals surface area contributed by atoms with Crippen LogP contribution in [0.4, 0.5) is 0 Å². The van der Waals surface area contributed by atoms with Crippen LogP contribution in [0.3, 0.4) is 0 Å². The number of carbonyl (C=O) groups excluding carboxylic acids is 1. The molecule has 128 valence electrons. The lowest BCUT2D eigenvalue weighted by atomic mass is 9.98. The minimum absolute atomic E-state index is 0.205. The molecule has 1 atom stereocenters. The number of methoxy groups -OCH3 is 1. The molecule has 0 aliphatic heterocycles. The topological polar surface area (TPSA) is 84.9 Å². The predicted molar refractivity (Wildman–Crippen MR) is 87.6 cm³/mol. The number of aliphatic carboxylic acids is 1. The van der Waals surface area contributed by atoms with E-state index in [4.69, 9.17) is 21.1 Å². The molecule has 0 aliphatic carbocycles. The van der Waals surface area contributed by atoms with Gasteiger partial charge in [-0.15, -0.1) is 0 Å². The Kier molecular flexibility index (Phi) is 6.69. The van der Waals surface area contributed by atoms with Gasteiger partial charge in [-0.25, -0.2) is 4.79 Å². The van der Waals surface area contributed by atoms with Crippen molar-refractivity contribution in [3.8, 4) is 11.5 Å². The highest BCUT2D eigenvalue weighted by atomic mass is 35.5. The summed E-state index contributed by atoms with van der Waals surface area (Å²) in [5.74, 6) is -0.956. The SMILES string of the molecule is CCCOc1c(Cl)cc(C(=O)NC(C)(CC)C(=O)O)cc1OC. The van der Waals surface area contributed by atoms with E-state index in [-0.39, 0.29) is 17.0 Å². The summed E-state index contributed by atoms with van der Waals surface area (Å²) >= 11 is 6.16. The first-order valence-electron chi connectivity index (χ1n) is 7.35. The minimum atomic E-state index is -1.35.